The standard InChI is InChI=1S/C30H30N6O3S/c1-19-5-6-21(17-25(19)35-29(37)20-7-9-22(10-8-20)30(2,3)4)26-18-36-16-15-32-28(36)27(34-26)33-23-11-13-24(14-12-23)40(31,38)39/h5-18H,1-4H3,(H,33,34)(H,35,37)(H2,31,38,39). The second kappa shape index (κ2) is 10.2. The maximum absolute atomic E-state index is 13.1. The molecular formula is C30H30N6O3S. The zero-order valence-corrected chi connectivity index (χ0v) is 23.5. The summed E-state index contributed by atoms with van der Waals surface area (Å²) < 4.78 is 25.0. The largest absolute Gasteiger partial charge is 0.337 e. The molecule has 0 saturated heterocycles. The number of sulfonamides is 1. The summed E-state index contributed by atoms with van der Waals surface area (Å²) in [6.07, 6.45) is 5.34. The van der Waals surface area contributed by atoms with Crippen LogP contribution in [0.4, 0.5) is 17.2 Å². The lowest BCUT2D eigenvalue weighted by molar-refractivity contribution is 0.102. The van der Waals surface area contributed by atoms with Gasteiger partial charge in [0.2, 0.25) is 10.0 Å². The summed E-state index contributed by atoms with van der Waals surface area (Å²) >= 11 is 0. The molecule has 3 aromatic carbocycles. The van der Waals surface area contributed by atoms with Gasteiger partial charge in [0.15, 0.2) is 11.5 Å². The van der Waals surface area contributed by atoms with E-state index in [9.17, 15) is 13.2 Å². The van der Waals surface area contributed by atoms with Crippen molar-refractivity contribution in [2.75, 3.05) is 10.6 Å². The van der Waals surface area contributed by atoms with Crippen LogP contribution in [0, 0.1) is 6.92 Å². The zero-order valence-electron chi connectivity index (χ0n) is 22.6. The smallest absolute Gasteiger partial charge is 0.255 e. The molecule has 2 aromatic heterocycles. The fourth-order valence-corrected chi connectivity index (χ4v) is 4.77. The Balaban J connectivity index is 1.44. The summed E-state index contributed by atoms with van der Waals surface area (Å²) in [6, 6.07) is 19.5. The minimum Gasteiger partial charge on any atom is -0.337 e. The Morgan fingerprint density at radius 2 is 1.68 bits per heavy atom. The molecule has 0 aliphatic rings. The third-order valence-electron chi connectivity index (χ3n) is 6.61. The third kappa shape index (κ3) is 5.73. The van der Waals surface area contributed by atoms with Gasteiger partial charge < -0.3 is 15.0 Å². The number of aryl methyl sites for hydroxylation is 1. The molecular weight excluding hydrogens is 524 g/mol. The van der Waals surface area contributed by atoms with Crippen molar-refractivity contribution in [3.05, 3.63) is 102 Å². The topological polar surface area (TPSA) is 131 Å². The van der Waals surface area contributed by atoms with E-state index in [0.29, 0.717) is 34.1 Å². The molecule has 0 bridgehead atoms. The van der Waals surface area contributed by atoms with Gasteiger partial charge >= 0.3 is 0 Å². The maximum atomic E-state index is 13.1. The highest BCUT2D eigenvalue weighted by molar-refractivity contribution is 7.89. The number of hydrogen-bond donors (Lipinski definition) is 3. The van der Waals surface area contributed by atoms with Gasteiger partial charge in [-0.2, -0.15) is 0 Å². The number of primary sulfonamides is 1. The number of benzene rings is 3. The first-order chi connectivity index (χ1) is 18.9. The maximum Gasteiger partial charge on any atom is 0.255 e. The number of carbonyl (C=O) groups is 1. The number of nitrogens with one attached hydrogen (secondary N) is 2. The summed E-state index contributed by atoms with van der Waals surface area (Å²) in [5.74, 6) is 0.292. The van der Waals surface area contributed by atoms with Gasteiger partial charge in [-0.05, 0) is 65.9 Å². The van der Waals surface area contributed by atoms with Crippen LogP contribution in [-0.2, 0) is 15.4 Å². The van der Waals surface area contributed by atoms with Crippen LogP contribution in [0.15, 0.2) is 90.2 Å². The molecule has 0 aliphatic carbocycles. The van der Waals surface area contributed by atoms with Crippen LogP contribution in [0.2, 0.25) is 0 Å². The van der Waals surface area contributed by atoms with Crippen molar-refractivity contribution in [3.63, 3.8) is 0 Å². The normalized spacial score (nSPS) is 11.9. The van der Waals surface area contributed by atoms with Crippen molar-refractivity contribution in [2.45, 2.75) is 38.0 Å². The molecule has 0 atom stereocenters. The van der Waals surface area contributed by atoms with E-state index in [4.69, 9.17) is 10.1 Å². The Labute approximate surface area is 233 Å². The van der Waals surface area contributed by atoms with Crippen LogP contribution < -0.4 is 15.8 Å². The second-order valence-corrected chi connectivity index (χ2v) is 12.2. The minimum absolute atomic E-state index is 0.00550. The van der Waals surface area contributed by atoms with E-state index in [0.717, 1.165) is 16.7 Å². The summed E-state index contributed by atoms with van der Waals surface area (Å²) in [7, 11) is -3.79. The van der Waals surface area contributed by atoms with Crippen LogP contribution in [0.3, 0.4) is 0 Å². The Kier molecular flexibility index (Phi) is 6.91. The highest BCUT2D eigenvalue weighted by atomic mass is 32.2. The van der Waals surface area contributed by atoms with Gasteiger partial charge in [0, 0.05) is 41.1 Å². The van der Waals surface area contributed by atoms with Gasteiger partial charge in [0.1, 0.15) is 0 Å². The van der Waals surface area contributed by atoms with Crippen molar-refractivity contribution in [1.82, 2.24) is 14.4 Å². The first kappa shape index (κ1) is 27.0. The van der Waals surface area contributed by atoms with Crippen molar-refractivity contribution in [2.24, 2.45) is 5.14 Å². The van der Waals surface area contributed by atoms with E-state index in [2.05, 4.69) is 36.4 Å². The lowest BCUT2D eigenvalue weighted by Gasteiger charge is -2.19. The molecule has 40 heavy (non-hydrogen) atoms. The number of nitrogens with zero attached hydrogens (tertiary/aromatic N) is 3. The van der Waals surface area contributed by atoms with Gasteiger partial charge in [-0.25, -0.2) is 23.5 Å². The number of fused-ring (bicyclic) bond motifs is 1. The Morgan fingerprint density at radius 1 is 0.975 bits per heavy atom. The number of nitrogens with two attached hydrogens (primary N) is 1. The Bertz CT molecular complexity index is 1820. The molecule has 5 rings (SSSR count). The van der Waals surface area contributed by atoms with E-state index in [1.54, 1.807) is 18.3 Å². The molecule has 0 saturated carbocycles. The highest BCUT2D eigenvalue weighted by Gasteiger charge is 2.16. The lowest BCUT2D eigenvalue weighted by atomic mass is 9.86. The van der Waals surface area contributed by atoms with Gasteiger partial charge in [0.25, 0.3) is 5.91 Å². The molecule has 1 amide bonds. The van der Waals surface area contributed by atoms with E-state index in [1.807, 2.05) is 66.2 Å². The molecule has 5 aromatic rings. The first-order valence-electron chi connectivity index (χ1n) is 12.6. The summed E-state index contributed by atoms with van der Waals surface area (Å²) in [5.41, 5.74) is 6.01. The molecule has 0 spiro atoms. The van der Waals surface area contributed by atoms with Crippen LogP contribution in [0.1, 0.15) is 42.3 Å². The van der Waals surface area contributed by atoms with E-state index in [-0.39, 0.29) is 16.2 Å². The number of imidazole rings is 1. The SMILES string of the molecule is Cc1ccc(-c2cn3ccnc3c(Nc3ccc(S(N)(=O)=O)cc3)n2)cc1NC(=O)c1ccc(C(C)(C)C)cc1. The zero-order chi connectivity index (χ0) is 28.7. The molecule has 204 valence electrons. The van der Waals surface area contributed by atoms with Crippen LogP contribution in [-0.4, -0.2) is 28.7 Å². The van der Waals surface area contributed by atoms with Crippen molar-refractivity contribution in [1.29, 1.82) is 0 Å². The molecule has 4 N–H and O–H groups in total. The average molecular weight is 555 g/mol. The number of amides is 1. The van der Waals surface area contributed by atoms with Crippen LogP contribution in [0.25, 0.3) is 16.9 Å². The van der Waals surface area contributed by atoms with Crippen molar-refractivity contribution < 1.29 is 13.2 Å². The number of hydrogen-bond acceptors (Lipinski definition) is 6. The van der Waals surface area contributed by atoms with Crippen molar-refractivity contribution in [3.8, 4) is 11.3 Å². The lowest BCUT2D eigenvalue weighted by Crippen LogP contribution is -2.15. The molecule has 0 fully saturated rings. The monoisotopic (exact) mass is 554 g/mol. The minimum atomic E-state index is -3.79. The molecule has 0 aliphatic heterocycles. The van der Waals surface area contributed by atoms with Crippen LogP contribution in [0.5, 0.6) is 0 Å². The van der Waals surface area contributed by atoms with Gasteiger partial charge in [0.05, 0.1) is 10.6 Å². The van der Waals surface area contributed by atoms with E-state index < -0.39 is 10.0 Å². The molecule has 10 heteroatoms. The van der Waals surface area contributed by atoms with Gasteiger partial charge in [-0.1, -0.05) is 45.0 Å². The molecule has 9 nitrogen and oxygen atoms in total. The molecule has 0 unspecified atom stereocenters. The quantitative estimate of drug-likeness (QED) is 0.249. The number of anilines is 3. The van der Waals surface area contributed by atoms with Gasteiger partial charge in [-0.3, -0.25) is 4.79 Å². The third-order valence-corrected chi connectivity index (χ3v) is 7.54. The fraction of sp³-hybridized carbons (Fsp3) is 0.167. The molecule has 2 heterocycles. The van der Waals surface area contributed by atoms with Crippen molar-refractivity contribution >= 4 is 38.8 Å². The second-order valence-electron chi connectivity index (χ2n) is 10.6. The number of carbonyl (C=O) groups excluding carboxylic acids is 1. The summed E-state index contributed by atoms with van der Waals surface area (Å²) in [4.78, 5) is 22.3. The van der Waals surface area contributed by atoms with Gasteiger partial charge in [-0.15, -0.1) is 0 Å². The summed E-state index contributed by atoms with van der Waals surface area (Å²) in [6.45, 7) is 8.35. The Hall–Kier alpha value is -4.54. The summed E-state index contributed by atoms with van der Waals surface area (Å²) in [5, 5.41) is 11.5. The first-order valence-corrected chi connectivity index (χ1v) is 14.2. The van der Waals surface area contributed by atoms with E-state index in [1.165, 1.54) is 12.1 Å². The number of aromatic nitrogens is 3. The highest BCUT2D eigenvalue weighted by Crippen LogP contribution is 2.29. The Morgan fingerprint density at radius 3 is 2.33 bits per heavy atom. The fourth-order valence-electron chi connectivity index (χ4n) is 4.25. The average Bonchev–Trinajstić information content (AvgIpc) is 3.38. The van der Waals surface area contributed by atoms with E-state index >= 15 is 0 Å². The molecule has 0 radical (unpaired) electrons. The predicted octanol–water partition coefficient (Wildman–Crippen LogP) is 5.65. The predicted molar refractivity (Wildman–Crippen MR) is 157 cm³/mol. The van der Waals surface area contributed by atoms with Crippen LogP contribution >= 0.6 is 0 Å². The number of rotatable bonds is 6.